The zero-order valence-electron chi connectivity index (χ0n) is 13.2. The van der Waals surface area contributed by atoms with Gasteiger partial charge in [-0.2, -0.15) is 0 Å². The Morgan fingerprint density at radius 1 is 1.26 bits per heavy atom. The molecule has 1 amide bonds. The Kier molecular flexibility index (Phi) is 6.63. The standard InChI is InChI=1S/C18H20BrClN2O/c1-13(15-4-3-5-17(20)10-15)21-18(23)12-22(2)11-14-6-8-16(19)9-7-14/h3-10,13H,11-12H2,1-2H3,(H,21,23)/t13-/m0/s1. The fourth-order valence-electron chi connectivity index (χ4n) is 2.35. The largest absolute Gasteiger partial charge is 0.348 e. The van der Waals surface area contributed by atoms with Gasteiger partial charge in [0.1, 0.15) is 0 Å². The molecule has 2 aromatic carbocycles. The van der Waals surface area contributed by atoms with E-state index in [1.54, 1.807) is 0 Å². The molecule has 122 valence electrons. The third kappa shape index (κ3) is 5.98. The molecule has 0 fully saturated rings. The van der Waals surface area contributed by atoms with E-state index in [1.165, 1.54) is 5.56 Å². The molecule has 0 aliphatic rings. The molecule has 0 aromatic heterocycles. The maximum atomic E-state index is 12.2. The molecular weight excluding hydrogens is 376 g/mol. The highest BCUT2D eigenvalue weighted by atomic mass is 79.9. The molecule has 0 radical (unpaired) electrons. The average molecular weight is 396 g/mol. The van der Waals surface area contributed by atoms with Crippen molar-refractivity contribution in [2.24, 2.45) is 0 Å². The van der Waals surface area contributed by atoms with Gasteiger partial charge in [-0.05, 0) is 49.4 Å². The number of hydrogen-bond acceptors (Lipinski definition) is 2. The molecule has 0 saturated heterocycles. The first-order chi connectivity index (χ1) is 10.9. The fraction of sp³-hybridized carbons (Fsp3) is 0.278. The summed E-state index contributed by atoms with van der Waals surface area (Å²) in [5.41, 5.74) is 2.17. The quantitative estimate of drug-likeness (QED) is 0.785. The van der Waals surface area contributed by atoms with Crippen molar-refractivity contribution in [3.05, 3.63) is 69.2 Å². The van der Waals surface area contributed by atoms with Gasteiger partial charge in [0.05, 0.1) is 12.6 Å². The fourth-order valence-corrected chi connectivity index (χ4v) is 2.81. The Bertz CT molecular complexity index is 660. The van der Waals surface area contributed by atoms with Crippen LogP contribution in [0.4, 0.5) is 0 Å². The second-order valence-corrected chi connectivity index (χ2v) is 7.00. The minimum absolute atomic E-state index is 0.00270. The lowest BCUT2D eigenvalue weighted by Gasteiger charge is -2.19. The van der Waals surface area contributed by atoms with Gasteiger partial charge in [0, 0.05) is 16.0 Å². The summed E-state index contributed by atoms with van der Waals surface area (Å²) in [5.74, 6) is -0.00270. The van der Waals surface area contributed by atoms with E-state index in [9.17, 15) is 4.79 Å². The Labute approximate surface area is 150 Å². The van der Waals surface area contributed by atoms with Crippen LogP contribution in [0.5, 0.6) is 0 Å². The second-order valence-electron chi connectivity index (χ2n) is 5.64. The van der Waals surface area contributed by atoms with E-state index in [0.29, 0.717) is 11.6 Å². The van der Waals surface area contributed by atoms with Crippen molar-refractivity contribution >= 4 is 33.4 Å². The van der Waals surface area contributed by atoms with Gasteiger partial charge in [-0.1, -0.05) is 51.8 Å². The predicted octanol–water partition coefficient (Wildman–Crippen LogP) is 4.41. The van der Waals surface area contributed by atoms with Crippen LogP contribution in [0.3, 0.4) is 0 Å². The van der Waals surface area contributed by atoms with E-state index in [2.05, 4.69) is 21.2 Å². The Hall–Kier alpha value is -1.36. The van der Waals surface area contributed by atoms with Crippen molar-refractivity contribution in [2.45, 2.75) is 19.5 Å². The van der Waals surface area contributed by atoms with Crippen molar-refractivity contribution < 1.29 is 4.79 Å². The molecule has 2 aromatic rings. The first kappa shape index (κ1) is 18.0. The summed E-state index contributed by atoms with van der Waals surface area (Å²) in [4.78, 5) is 14.2. The zero-order valence-corrected chi connectivity index (χ0v) is 15.6. The molecule has 1 atom stereocenters. The van der Waals surface area contributed by atoms with E-state index in [1.807, 2.05) is 67.4 Å². The van der Waals surface area contributed by atoms with Gasteiger partial charge in [0.15, 0.2) is 0 Å². The van der Waals surface area contributed by atoms with Crippen LogP contribution in [0.1, 0.15) is 24.1 Å². The summed E-state index contributed by atoms with van der Waals surface area (Å²) in [6.07, 6.45) is 0. The first-order valence-corrected chi connectivity index (χ1v) is 8.59. The summed E-state index contributed by atoms with van der Waals surface area (Å²) in [6.45, 7) is 3.03. The number of carbonyl (C=O) groups is 1. The monoisotopic (exact) mass is 394 g/mol. The van der Waals surface area contributed by atoms with Gasteiger partial charge in [-0.25, -0.2) is 0 Å². The maximum absolute atomic E-state index is 12.2. The minimum Gasteiger partial charge on any atom is -0.348 e. The van der Waals surface area contributed by atoms with Crippen molar-refractivity contribution in [1.82, 2.24) is 10.2 Å². The van der Waals surface area contributed by atoms with Crippen molar-refractivity contribution in [1.29, 1.82) is 0 Å². The Morgan fingerprint density at radius 3 is 2.61 bits per heavy atom. The molecule has 2 rings (SSSR count). The van der Waals surface area contributed by atoms with Crippen LogP contribution >= 0.6 is 27.5 Å². The number of carbonyl (C=O) groups excluding carboxylic acids is 1. The first-order valence-electron chi connectivity index (χ1n) is 7.42. The van der Waals surface area contributed by atoms with Crippen LogP contribution in [0, 0.1) is 0 Å². The number of nitrogens with zero attached hydrogens (tertiary/aromatic N) is 1. The number of nitrogens with one attached hydrogen (secondary N) is 1. The van der Waals surface area contributed by atoms with Crippen LogP contribution in [-0.2, 0) is 11.3 Å². The van der Waals surface area contributed by atoms with Gasteiger partial charge < -0.3 is 5.32 Å². The Balaban J connectivity index is 1.85. The number of benzene rings is 2. The Morgan fingerprint density at radius 2 is 1.96 bits per heavy atom. The molecule has 0 aliphatic carbocycles. The lowest BCUT2D eigenvalue weighted by molar-refractivity contribution is -0.122. The molecule has 3 nitrogen and oxygen atoms in total. The van der Waals surface area contributed by atoms with Crippen LogP contribution < -0.4 is 5.32 Å². The van der Waals surface area contributed by atoms with Crippen molar-refractivity contribution in [3.8, 4) is 0 Å². The maximum Gasteiger partial charge on any atom is 0.234 e. The summed E-state index contributed by atoms with van der Waals surface area (Å²) in [7, 11) is 1.94. The summed E-state index contributed by atoms with van der Waals surface area (Å²) in [6, 6.07) is 15.6. The smallest absolute Gasteiger partial charge is 0.234 e. The number of likely N-dealkylation sites (N-methyl/N-ethyl adjacent to an activating group) is 1. The van der Waals surface area contributed by atoms with Crippen LogP contribution in [0.15, 0.2) is 53.0 Å². The van der Waals surface area contributed by atoms with E-state index < -0.39 is 0 Å². The highest BCUT2D eigenvalue weighted by Gasteiger charge is 2.12. The highest BCUT2D eigenvalue weighted by Crippen LogP contribution is 2.17. The predicted molar refractivity (Wildman–Crippen MR) is 98.5 cm³/mol. The average Bonchev–Trinajstić information content (AvgIpc) is 2.49. The van der Waals surface area contributed by atoms with Crippen LogP contribution in [0.25, 0.3) is 0 Å². The lowest BCUT2D eigenvalue weighted by Crippen LogP contribution is -2.36. The number of halogens is 2. The molecular formula is C18H20BrClN2O. The lowest BCUT2D eigenvalue weighted by atomic mass is 10.1. The van der Waals surface area contributed by atoms with E-state index >= 15 is 0 Å². The molecule has 0 bridgehead atoms. The SMILES string of the molecule is C[C@H](NC(=O)CN(C)Cc1ccc(Br)cc1)c1cccc(Cl)c1. The summed E-state index contributed by atoms with van der Waals surface area (Å²) in [5, 5.41) is 3.68. The molecule has 0 saturated carbocycles. The number of hydrogen-bond donors (Lipinski definition) is 1. The molecule has 1 N–H and O–H groups in total. The molecule has 0 unspecified atom stereocenters. The zero-order chi connectivity index (χ0) is 16.8. The van der Waals surface area contributed by atoms with Crippen LogP contribution in [0.2, 0.25) is 5.02 Å². The number of rotatable bonds is 6. The van der Waals surface area contributed by atoms with Gasteiger partial charge >= 0.3 is 0 Å². The third-order valence-electron chi connectivity index (χ3n) is 3.51. The second kappa shape index (κ2) is 8.48. The minimum atomic E-state index is -0.0673. The molecule has 23 heavy (non-hydrogen) atoms. The van der Waals surface area contributed by atoms with E-state index in [-0.39, 0.29) is 11.9 Å². The molecule has 0 spiro atoms. The van der Waals surface area contributed by atoms with Crippen molar-refractivity contribution in [3.63, 3.8) is 0 Å². The molecule has 0 heterocycles. The van der Waals surface area contributed by atoms with E-state index in [0.717, 1.165) is 16.6 Å². The van der Waals surface area contributed by atoms with Crippen LogP contribution in [-0.4, -0.2) is 24.4 Å². The third-order valence-corrected chi connectivity index (χ3v) is 4.27. The highest BCUT2D eigenvalue weighted by molar-refractivity contribution is 9.10. The van der Waals surface area contributed by atoms with Gasteiger partial charge in [-0.3, -0.25) is 9.69 Å². The molecule has 5 heteroatoms. The van der Waals surface area contributed by atoms with E-state index in [4.69, 9.17) is 11.6 Å². The van der Waals surface area contributed by atoms with Gasteiger partial charge in [0.25, 0.3) is 0 Å². The van der Waals surface area contributed by atoms with Crippen molar-refractivity contribution in [2.75, 3.05) is 13.6 Å². The summed E-state index contributed by atoms with van der Waals surface area (Å²) >= 11 is 9.41. The summed E-state index contributed by atoms with van der Waals surface area (Å²) < 4.78 is 1.05. The topological polar surface area (TPSA) is 32.3 Å². The molecule has 0 aliphatic heterocycles. The van der Waals surface area contributed by atoms with Gasteiger partial charge in [0.2, 0.25) is 5.91 Å². The van der Waals surface area contributed by atoms with Gasteiger partial charge in [-0.15, -0.1) is 0 Å². The number of amides is 1. The normalized spacial score (nSPS) is 12.2.